The van der Waals surface area contributed by atoms with E-state index in [4.69, 9.17) is 0 Å². The smallest absolute Gasteiger partial charge is 0.191 e. The summed E-state index contributed by atoms with van der Waals surface area (Å²) >= 11 is 0. The van der Waals surface area contributed by atoms with Gasteiger partial charge in [0, 0.05) is 40.9 Å². The van der Waals surface area contributed by atoms with Crippen molar-refractivity contribution in [1.82, 2.24) is 5.32 Å². The Kier molecular flexibility index (Phi) is 4.53. The Labute approximate surface area is 159 Å². The molecule has 2 aromatic carbocycles. The van der Waals surface area contributed by atoms with E-state index in [1.165, 1.54) is 0 Å². The van der Waals surface area contributed by atoms with Gasteiger partial charge in [-0.25, -0.2) is 0 Å². The third-order valence-electron chi connectivity index (χ3n) is 5.44. The molecule has 0 amide bonds. The van der Waals surface area contributed by atoms with Crippen LogP contribution in [0.1, 0.15) is 52.2 Å². The second-order valence-electron chi connectivity index (χ2n) is 7.45. The van der Waals surface area contributed by atoms with Crippen LogP contribution in [0.3, 0.4) is 0 Å². The summed E-state index contributed by atoms with van der Waals surface area (Å²) in [6, 6.07) is 15.8. The van der Waals surface area contributed by atoms with Gasteiger partial charge in [-0.2, -0.15) is 0 Å². The Bertz CT molecular complexity index is 962. The average Bonchev–Trinajstić information content (AvgIpc) is 2.68. The molecule has 27 heavy (non-hydrogen) atoms. The van der Waals surface area contributed by atoms with E-state index < -0.39 is 0 Å². The van der Waals surface area contributed by atoms with Crippen LogP contribution >= 0.6 is 0 Å². The SMILES string of the molecule is Cc1ccc(C(=O)C2=CNC3=C(C(=O)CCC3)C2c2ccc(C)cc2)cc1. The first-order chi connectivity index (χ1) is 13.0. The molecule has 3 nitrogen and oxygen atoms in total. The van der Waals surface area contributed by atoms with Crippen molar-refractivity contribution >= 4 is 11.6 Å². The minimum absolute atomic E-state index is 0.0296. The van der Waals surface area contributed by atoms with Crippen LogP contribution in [0.5, 0.6) is 0 Å². The van der Waals surface area contributed by atoms with Gasteiger partial charge in [0.2, 0.25) is 0 Å². The Hall–Kier alpha value is -2.94. The molecule has 1 aliphatic carbocycles. The van der Waals surface area contributed by atoms with Crippen molar-refractivity contribution in [3.05, 3.63) is 93.8 Å². The van der Waals surface area contributed by atoms with E-state index in [0.717, 1.165) is 40.8 Å². The Morgan fingerprint density at radius 2 is 1.56 bits per heavy atom. The highest BCUT2D eigenvalue weighted by atomic mass is 16.1. The number of nitrogens with one attached hydrogen (secondary N) is 1. The van der Waals surface area contributed by atoms with Crippen molar-refractivity contribution in [3.8, 4) is 0 Å². The average molecular weight is 357 g/mol. The molecule has 0 saturated heterocycles. The maximum atomic E-state index is 13.3. The number of ketones is 2. The molecule has 1 heterocycles. The summed E-state index contributed by atoms with van der Waals surface area (Å²) in [5.74, 6) is -0.182. The molecular formula is C24H23NO2. The standard InChI is InChI=1S/C24H23NO2/c1-15-6-10-17(11-7-15)22-19(24(27)18-12-8-16(2)9-13-18)14-25-20-4-3-5-21(26)23(20)22/h6-14,22,25H,3-5H2,1-2H3. The van der Waals surface area contributed by atoms with Crippen LogP contribution in [-0.2, 0) is 4.79 Å². The fourth-order valence-corrected chi connectivity index (χ4v) is 3.93. The van der Waals surface area contributed by atoms with Crippen LogP contribution in [0.4, 0.5) is 0 Å². The van der Waals surface area contributed by atoms with E-state index in [1.54, 1.807) is 0 Å². The van der Waals surface area contributed by atoms with Gasteiger partial charge in [-0.05, 0) is 32.3 Å². The number of allylic oxidation sites excluding steroid dienone is 3. The van der Waals surface area contributed by atoms with Crippen molar-refractivity contribution in [3.63, 3.8) is 0 Å². The number of aryl methyl sites for hydroxylation is 2. The van der Waals surface area contributed by atoms with Gasteiger partial charge in [0.15, 0.2) is 11.6 Å². The van der Waals surface area contributed by atoms with E-state index in [-0.39, 0.29) is 17.5 Å². The second-order valence-corrected chi connectivity index (χ2v) is 7.45. The van der Waals surface area contributed by atoms with Crippen LogP contribution in [0.25, 0.3) is 0 Å². The molecule has 0 saturated carbocycles. The number of rotatable bonds is 3. The lowest BCUT2D eigenvalue weighted by molar-refractivity contribution is -0.116. The zero-order chi connectivity index (χ0) is 19.0. The number of hydrogen-bond donors (Lipinski definition) is 1. The summed E-state index contributed by atoms with van der Waals surface area (Å²) in [7, 11) is 0. The number of dihydropyridines is 1. The molecule has 0 bridgehead atoms. The summed E-state index contributed by atoms with van der Waals surface area (Å²) in [6.07, 6.45) is 4.07. The van der Waals surface area contributed by atoms with E-state index in [0.29, 0.717) is 17.6 Å². The maximum absolute atomic E-state index is 13.3. The first-order valence-electron chi connectivity index (χ1n) is 9.45. The summed E-state index contributed by atoms with van der Waals surface area (Å²) in [5, 5.41) is 3.25. The zero-order valence-electron chi connectivity index (χ0n) is 15.7. The fourth-order valence-electron chi connectivity index (χ4n) is 3.93. The summed E-state index contributed by atoms with van der Waals surface area (Å²) in [5.41, 5.74) is 6.30. The van der Waals surface area contributed by atoms with Crippen molar-refractivity contribution in [2.24, 2.45) is 0 Å². The van der Waals surface area contributed by atoms with Gasteiger partial charge in [-0.1, -0.05) is 59.7 Å². The first-order valence-corrected chi connectivity index (χ1v) is 9.45. The maximum Gasteiger partial charge on any atom is 0.191 e. The second kappa shape index (κ2) is 6.99. The Morgan fingerprint density at radius 3 is 2.22 bits per heavy atom. The predicted octanol–water partition coefficient (Wildman–Crippen LogP) is 4.76. The number of benzene rings is 2. The number of Topliss-reactive ketones (excluding diaryl/α,β-unsaturated/α-hetero) is 2. The monoisotopic (exact) mass is 357 g/mol. The molecule has 0 spiro atoms. The molecule has 1 atom stereocenters. The molecular weight excluding hydrogens is 334 g/mol. The quantitative estimate of drug-likeness (QED) is 0.805. The molecule has 1 N–H and O–H groups in total. The molecule has 1 unspecified atom stereocenters. The lowest BCUT2D eigenvalue weighted by Gasteiger charge is -2.32. The molecule has 3 heteroatoms. The van der Waals surface area contributed by atoms with Gasteiger partial charge >= 0.3 is 0 Å². The van der Waals surface area contributed by atoms with Gasteiger partial charge in [0.25, 0.3) is 0 Å². The van der Waals surface area contributed by atoms with E-state index in [2.05, 4.69) is 5.32 Å². The van der Waals surface area contributed by atoms with Crippen LogP contribution in [0.2, 0.25) is 0 Å². The Morgan fingerprint density at radius 1 is 0.926 bits per heavy atom. The molecule has 0 radical (unpaired) electrons. The van der Waals surface area contributed by atoms with Gasteiger partial charge < -0.3 is 5.32 Å². The largest absolute Gasteiger partial charge is 0.364 e. The lowest BCUT2D eigenvalue weighted by atomic mass is 9.74. The third-order valence-corrected chi connectivity index (χ3v) is 5.44. The minimum atomic E-state index is -0.302. The van der Waals surface area contributed by atoms with Crippen LogP contribution in [0.15, 0.2) is 71.6 Å². The number of hydrogen-bond acceptors (Lipinski definition) is 3. The highest BCUT2D eigenvalue weighted by Gasteiger charge is 2.36. The highest BCUT2D eigenvalue weighted by Crippen LogP contribution is 2.41. The normalized spacial score (nSPS) is 19.3. The summed E-state index contributed by atoms with van der Waals surface area (Å²) < 4.78 is 0. The van der Waals surface area contributed by atoms with Crippen LogP contribution < -0.4 is 5.32 Å². The first kappa shape index (κ1) is 17.5. The van der Waals surface area contributed by atoms with Crippen molar-refractivity contribution < 1.29 is 9.59 Å². The number of carbonyl (C=O) groups is 2. The van der Waals surface area contributed by atoms with E-state index in [1.807, 2.05) is 68.6 Å². The summed E-state index contributed by atoms with van der Waals surface area (Å²) in [4.78, 5) is 26.1. The minimum Gasteiger partial charge on any atom is -0.364 e. The highest BCUT2D eigenvalue weighted by molar-refractivity contribution is 6.12. The molecule has 0 fully saturated rings. The fraction of sp³-hybridized carbons (Fsp3) is 0.250. The summed E-state index contributed by atoms with van der Waals surface area (Å²) in [6.45, 7) is 4.04. The van der Waals surface area contributed by atoms with Crippen LogP contribution in [-0.4, -0.2) is 11.6 Å². The van der Waals surface area contributed by atoms with Crippen LogP contribution in [0, 0.1) is 13.8 Å². The number of carbonyl (C=O) groups excluding carboxylic acids is 2. The van der Waals surface area contributed by atoms with E-state index >= 15 is 0 Å². The van der Waals surface area contributed by atoms with Gasteiger partial charge in [-0.15, -0.1) is 0 Å². The molecule has 2 aliphatic rings. The predicted molar refractivity (Wildman–Crippen MR) is 107 cm³/mol. The van der Waals surface area contributed by atoms with Gasteiger partial charge in [-0.3, -0.25) is 9.59 Å². The Balaban J connectivity index is 1.81. The lowest BCUT2D eigenvalue weighted by Crippen LogP contribution is -2.31. The van der Waals surface area contributed by atoms with Gasteiger partial charge in [0.1, 0.15) is 0 Å². The molecule has 1 aliphatic heterocycles. The van der Waals surface area contributed by atoms with Crippen molar-refractivity contribution in [2.45, 2.75) is 39.0 Å². The molecule has 0 aromatic heterocycles. The molecule has 2 aromatic rings. The third kappa shape index (κ3) is 3.25. The van der Waals surface area contributed by atoms with Gasteiger partial charge in [0.05, 0.1) is 0 Å². The molecule has 4 rings (SSSR count). The zero-order valence-corrected chi connectivity index (χ0v) is 15.7. The van der Waals surface area contributed by atoms with Crippen molar-refractivity contribution in [2.75, 3.05) is 0 Å². The topological polar surface area (TPSA) is 46.2 Å². The van der Waals surface area contributed by atoms with E-state index in [9.17, 15) is 9.59 Å². The van der Waals surface area contributed by atoms with Crippen molar-refractivity contribution in [1.29, 1.82) is 0 Å². The molecule has 136 valence electrons.